The predicted molar refractivity (Wildman–Crippen MR) is 82.9 cm³/mol. The summed E-state index contributed by atoms with van der Waals surface area (Å²) < 4.78 is 31.8. The Morgan fingerprint density at radius 2 is 1.90 bits per heavy atom. The Labute approximate surface area is 127 Å². The van der Waals surface area contributed by atoms with E-state index in [1.54, 1.807) is 12.1 Å². The van der Waals surface area contributed by atoms with E-state index >= 15 is 0 Å². The average molecular weight is 315 g/mol. The number of rotatable bonds is 10. The molecule has 1 unspecified atom stereocenters. The first-order valence-electron chi connectivity index (χ1n) is 7.29. The first-order chi connectivity index (χ1) is 10.0. The summed E-state index contributed by atoms with van der Waals surface area (Å²) in [5.74, 6) is 0.429. The van der Waals surface area contributed by atoms with Gasteiger partial charge in [-0.05, 0) is 36.5 Å². The third kappa shape index (κ3) is 6.13. The van der Waals surface area contributed by atoms with Gasteiger partial charge >= 0.3 is 0 Å². The summed E-state index contributed by atoms with van der Waals surface area (Å²) in [4.78, 5) is 0.283. The van der Waals surface area contributed by atoms with E-state index in [9.17, 15) is 8.42 Å². The lowest BCUT2D eigenvalue weighted by molar-refractivity contribution is 0.0913. The Balaban J connectivity index is 2.50. The molecule has 0 heterocycles. The minimum Gasteiger partial charge on any atom is -0.394 e. The van der Waals surface area contributed by atoms with Crippen LogP contribution in [0.1, 0.15) is 38.2 Å². The van der Waals surface area contributed by atoms with Gasteiger partial charge in [-0.3, -0.25) is 0 Å². The number of ether oxygens (including phenoxy) is 1. The third-order valence-corrected chi connectivity index (χ3v) is 4.84. The molecule has 1 atom stereocenters. The smallest absolute Gasteiger partial charge is 0.240 e. The number of hydrogen-bond acceptors (Lipinski definition) is 4. The largest absolute Gasteiger partial charge is 0.394 e. The minimum atomic E-state index is -3.46. The van der Waals surface area contributed by atoms with Gasteiger partial charge in [0.1, 0.15) is 0 Å². The van der Waals surface area contributed by atoms with Crippen LogP contribution in [0.3, 0.4) is 0 Å². The van der Waals surface area contributed by atoms with Crippen LogP contribution in [0.15, 0.2) is 29.2 Å². The molecule has 5 nitrogen and oxygen atoms in total. The van der Waals surface area contributed by atoms with Crippen LogP contribution in [-0.2, 0) is 14.8 Å². The molecule has 1 aromatic rings. The van der Waals surface area contributed by atoms with Crippen molar-refractivity contribution in [1.29, 1.82) is 0 Å². The highest BCUT2D eigenvalue weighted by Gasteiger charge is 2.13. The maximum atomic E-state index is 12.1. The number of aliphatic hydroxyl groups is 1. The van der Waals surface area contributed by atoms with E-state index in [1.807, 2.05) is 12.1 Å². The van der Waals surface area contributed by atoms with Crippen molar-refractivity contribution in [2.24, 2.45) is 0 Å². The van der Waals surface area contributed by atoms with Gasteiger partial charge in [-0.1, -0.05) is 26.0 Å². The Kier molecular flexibility index (Phi) is 7.88. The third-order valence-electron chi connectivity index (χ3n) is 3.36. The lowest BCUT2D eigenvalue weighted by Gasteiger charge is -2.11. The van der Waals surface area contributed by atoms with E-state index in [0.29, 0.717) is 25.5 Å². The summed E-state index contributed by atoms with van der Waals surface area (Å²) >= 11 is 0. The Morgan fingerprint density at radius 1 is 1.24 bits per heavy atom. The molecule has 0 bridgehead atoms. The Hall–Kier alpha value is -0.950. The number of benzene rings is 1. The fourth-order valence-electron chi connectivity index (χ4n) is 1.84. The van der Waals surface area contributed by atoms with Crippen LogP contribution >= 0.6 is 0 Å². The number of hydrogen-bond donors (Lipinski definition) is 2. The van der Waals surface area contributed by atoms with E-state index in [0.717, 1.165) is 12.0 Å². The van der Waals surface area contributed by atoms with Crippen LogP contribution in [0.4, 0.5) is 0 Å². The molecule has 0 aliphatic heterocycles. The van der Waals surface area contributed by atoms with E-state index < -0.39 is 10.0 Å². The molecule has 0 aromatic heterocycles. The average Bonchev–Trinajstić information content (AvgIpc) is 2.50. The van der Waals surface area contributed by atoms with Gasteiger partial charge in [0, 0.05) is 13.2 Å². The van der Waals surface area contributed by atoms with Gasteiger partial charge < -0.3 is 9.84 Å². The molecule has 0 spiro atoms. The summed E-state index contributed by atoms with van der Waals surface area (Å²) in [6.07, 6.45) is 1.60. The maximum Gasteiger partial charge on any atom is 0.240 e. The van der Waals surface area contributed by atoms with Crippen LogP contribution < -0.4 is 4.72 Å². The first kappa shape index (κ1) is 18.1. The van der Waals surface area contributed by atoms with Gasteiger partial charge in [0.25, 0.3) is 0 Å². The highest BCUT2D eigenvalue weighted by Crippen LogP contribution is 2.20. The number of nitrogens with one attached hydrogen (secondary N) is 1. The van der Waals surface area contributed by atoms with E-state index in [2.05, 4.69) is 18.6 Å². The normalized spacial score (nSPS) is 13.3. The Morgan fingerprint density at radius 3 is 2.48 bits per heavy atom. The summed E-state index contributed by atoms with van der Waals surface area (Å²) in [5.41, 5.74) is 1.15. The molecular formula is C15H25NO4S. The molecule has 0 radical (unpaired) electrons. The van der Waals surface area contributed by atoms with Crippen molar-refractivity contribution >= 4 is 10.0 Å². The number of sulfonamides is 1. The molecule has 0 aliphatic carbocycles. The molecule has 6 heteroatoms. The zero-order valence-corrected chi connectivity index (χ0v) is 13.5. The molecule has 1 rings (SSSR count). The van der Waals surface area contributed by atoms with Crippen LogP contribution in [0.5, 0.6) is 0 Å². The van der Waals surface area contributed by atoms with Crippen molar-refractivity contribution in [3.63, 3.8) is 0 Å². The standard InChI is InChI=1S/C15H25NO4S/c1-3-13(2)14-5-7-15(8-6-14)21(18,19)16-9-4-11-20-12-10-17/h5-8,13,16-17H,3-4,9-12H2,1-2H3. The molecule has 1 aromatic carbocycles. The van der Waals surface area contributed by atoms with Gasteiger partial charge in [-0.15, -0.1) is 0 Å². The van der Waals surface area contributed by atoms with Crippen molar-refractivity contribution < 1.29 is 18.3 Å². The van der Waals surface area contributed by atoms with Crippen LogP contribution in [0, 0.1) is 0 Å². The van der Waals surface area contributed by atoms with Crippen molar-refractivity contribution in [3.05, 3.63) is 29.8 Å². The fourth-order valence-corrected chi connectivity index (χ4v) is 2.92. The summed E-state index contributed by atoms with van der Waals surface area (Å²) in [5, 5.41) is 8.54. The minimum absolute atomic E-state index is 0.0196. The van der Waals surface area contributed by atoms with E-state index in [1.165, 1.54) is 0 Å². The van der Waals surface area contributed by atoms with Crippen LogP contribution in [-0.4, -0.2) is 39.9 Å². The van der Waals surface area contributed by atoms with Gasteiger partial charge in [-0.2, -0.15) is 0 Å². The summed E-state index contributed by atoms with van der Waals surface area (Å²) in [6, 6.07) is 7.03. The zero-order chi connectivity index (χ0) is 15.7. The second-order valence-corrected chi connectivity index (χ2v) is 6.73. The molecule has 2 N–H and O–H groups in total. The second-order valence-electron chi connectivity index (χ2n) is 4.97. The van der Waals surface area contributed by atoms with Crippen molar-refractivity contribution in [1.82, 2.24) is 4.72 Å². The molecule has 120 valence electrons. The highest BCUT2D eigenvalue weighted by molar-refractivity contribution is 7.89. The lowest BCUT2D eigenvalue weighted by atomic mass is 9.99. The van der Waals surface area contributed by atoms with Crippen molar-refractivity contribution in [3.8, 4) is 0 Å². The predicted octanol–water partition coefficient (Wildman–Crippen LogP) is 1.88. The maximum absolute atomic E-state index is 12.1. The molecule has 0 fully saturated rings. The lowest BCUT2D eigenvalue weighted by Crippen LogP contribution is -2.25. The van der Waals surface area contributed by atoms with Gasteiger partial charge in [0.15, 0.2) is 0 Å². The van der Waals surface area contributed by atoms with Gasteiger partial charge in [-0.25, -0.2) is 13.1 Å². The van der Waals surface area contributed by atoms with Gasteiger partial charge in [0.2, 0.25) is 10.0 Å². The van der Waals surface area contributed by atoms with Crippen molar-refractivity contribution in [2.45, 2.75) is 37.5 Å². The SMILES string of the molecule is CCC(C)c1ccc(S(=O)(=O)NCCCOCCO)cc1. The molecule has 0 amide bonds. The molecule has 21 heavy (non-hydrogen) atoms. The summed E-state index contributed by atoms with van der Waals surface area (Å²) in [6.45, 7) is 5.23. The zero-order valence-electron chi connectivity index (χ0n) is 12.7. The summed E-state index contributed by atoms with van der Waals surface area (Å²) in [7, 11) is -3.46. The molecule has 0 saturated carbocycles. The highest BCUT2D eigenvalue weighted by atomic mass is 32.2. The first-order valence-corrected chi connectivity index (χ1v) is 8.77. The monoisotopic (exact) mass is 315 g/mol. The van der Waals surface area contributed by atoms with E-state index in [4.69, 9.17) is 9.84 Å². The Bertz CT molecular complexity index is 499. The molecule has 0 saturated heterocycles. The topological polar surface area (TPSA) is 75.6 Å². The van der Waals surface area contributed by atoms with Crippen molar-refractivity contribution in [2.75, 3.05) is 26.4 Å². The second kappa shape index (κ2) is 9.15. The fraction of sp³-hybridized carbons (Fsp3) is 0.600. The molecular weight excluding hydrogens is 290 g/mol. The number of aliphatic hydroxyl groups excluding tert-OH is 1. The quantitative estimate of drug-likeness (QED) is 0.646. The van der Waals surface area contributed by atoms with Crippen LogP contribution in [0.25, 0.3) is 0 Å². The van der Waals surface area contributed by atoms with E-state index in [-0.39, 0.29) is 18.1 Å². The van der Waals surface area contributed by atoms with Crippen LogP contribution in [0.2, 0.25) is 0 Å². The van der Waals surface area contributed by atoms with Gasteiger partial charge in [0.05, 0.1) is 18.1 Å². The molecule has 0 aliphatic rings.